The number of rotatable bonds is 3. The van der Waals surface area contributed by atoms with Gasteiger partial charge in [0, 0.05) is 17.5 Å². The molecule has 0 fully saturated rings. The molecule has 76 valence electrons. The maximum Gasteiger partial charge on any atom is 0.251 e. The average molecular weight is 201 g/mol. The van der Waals surface area contributed by atoms with Gasteiger partial charge in [0.05, 0.1) is 11.7 Å². The molecule has 0 unspecified atom stereocenters. The van der Waals surface area contributed by atoms with E-state index >= 15 is 0 Å². The van der Waals surface area contributed by atoms with Crippen LogP contribution in [0.1, 0.15) is 10.4 Å². The third-order valence-electron chi connectivity index (χ3n) is 2.11. The molecule has 2 rings (SSSR count). The number of hydrogen-bond acceptors (Lipinski definition) is 2. The number of nitrogens with one attached hydrogen (secondary N) is 2. The molecule has 4 nitrogen and oxygen atoms in total. The van der Waals surface area contributed by atoms with Gasteiger partial charge in [0.2, 0.25) is 0 Å². The predicted octanol–water partition coefficient (Wildman–Crippen LogP) is 1.48. The number of H-pyrrole nitrogens is 1. The Kier molecular flexibility index (Phi) is 2.49. The van der Waals surface area contributed by atoms with Crippen molar-refractivity contribution < 1.29 is 4.79 Å². The maximum atomic E-state index is 11.6. The molecule has 1 heterocycles. The van der Waals surface area contributed by atoms with E-state index in [4.69, 9.17) is 0 Å². The Morgan fingerprint density at radius 3 is 3.27 bits per heavy atom. The van der Waals surface area contributed by atoms with E-state index in [9.17, 15) is 4.79 Å². The van der Waals surface area contributed by atoms with Gasteiger partial charge in [-0.1, -0.05) is 12.1 Å². The van der Waals surface area contributed by atoms with Crippen LogP contribution in [0.3, 0.4) is 0 Å². The molecule has 0 spiro atoms. The molecule has 1 amide bonds. The Hall–Kier alpha value is -2.10. The molecule has 0 aliphatic heterocycles. The molecule has 0 radical (unpaired) electrons. The zero-order chi connectivity index (χ0) is 10.7. The maximum absolute atomic E-state index is 11.6. The minimum Gasteiger partial charge on any atom is -0.349 e. The number of aromatic amines is 1. The highest BCUT2D eigenvalue weighted by Gasteiger charge is 2.05. The van der Waals surface area contributed by atoms with E-state index in [1.165, 1.54) is 0 Å². The Morgan fingerprint density at radius 1 is 1.60 bits per heavy atom. The number of aromatic nitrogens is 2. The van der Waals surface area contributed by atoms with Crippen molar-refractivity contribution in [3.8, 4) is 0 Å². The molecule has 15 heavy (non-hydrogen) atoms. The van der Waals surface area contributed by atoms with Crippen LogP contribution >= 0.6 is 0 Å². The number of amides is 1. The number of nitrogens with zero attached hydrogens (tertiary/aromatic N) is 1. The average Bonchev–Trinajstić information content (AvgIpc) is 2.72. The Morgan fingerprint density at radius 2 is 2.47 bits per heavy atom. The van der Waals surface area contributed by atoms with E-state index in [1.807, 2.05) is 6.07 Å². The van der Waals surface area contributed by atoms with Gasteiger partial charge >= 0.3 is 0 Å². The van der Waals surface area contributed by atoms with Crippen LogP contribution in [0.4, 0.5) is 0 Å². The van der Waals surface area contributed by atoms with Crippen molar-refractivity contribution in [3.05, 3.63) is 42.6 Å². The first-order valence-electron chi connectivity index (χ1n) is 4.63. The lowest BCUT2D eigenvalue weighted by molar-refractivity contribution is 0.0958. The standard InChI is InChI=1S/C11H11N3O/c1-2-5-12-11(15)8-3-4-9-7-13-14-10(9)6-8/h2-4,6-7H,1,5H2,(H,12,15)(H,13,14). The monoisotopic (exact) mass is 201 g/mol. The van der Waals surface area contributed by atoms with Gasteiger partial charge in [-0.15, -0.1) is 6.58 Å². The summed E-state index contributed by atoms with van der Waals surface area (Å²) in [5.41, 5.74) is 1.48. The normalized spacial score (nSPS) is 10.1. The summed E-state index contributed by atoms with van der Waals surface area (Å²) in [6.07, 6.45) is 3.37. The number of carbonyl (C=O) groups excluding carboxylic acids is 1. The molecule has 1 aromatic heterocycles. The van der Waals surface area contributed by atoms with Crippen molar-refractivity contribution in [1.29, 1.82) is 0 Å². The molecular weight excluding hydrogens is 190 g/mol. The summed E-state index contributed by atoms with van der Waals surface area (Å²) in [6, 6.07) is 5.42. The first-order valence-corrected chi connectivity index (χ1v) is 4.63. The second-order valence-electron chi connectivity index (χ2n) is 3.17. The van der Waals surface area contributed by atoms with Crippen LogP contribution in [0.5, 0.6) is 0 Å². The van der Waals surface area contributed by atoms with E-state index < -0.39 is 0 Å². The van der Waals surface area contributed by atoms with Crippen molar-refractivity contribution in [2.45, 2.75) is 0 Å². The van der Waals surface area contributed by atoms with Crippen LogP contribution in [-0.4, -0.2) is 22.6 Å². The van der Waals surface area contributed by atoms with E-state index in [2.05, 4.69) is 22.1 Å². The lowest BCUT2D eigenvalue weighted by Crippen LogP contribution is -2.22. The second-order valence-corrected chi connectivity index (χ2v) is 3.17. The van der Waals surface area contributed by atoms with E-state index in [1.54, 1.807) is 24.4 Å². The van der Waals surface area contributed by atoms with Gasteiger partial charge in [-0.2, -0.15) is 5.10 Å². The zero-order valence-corrected chi connectivity index (χ0v) is 8.16. The van der Waals surface area contributed by atoms with Crippen LogP contribution in [0, 0.1) is 0 Å². The summed E-state index contributed by atoms with van der Waals surface area (Å²) >= 11 is 0. The zero-order valence-electron chi connectivity index (χ0n) is 8.16. The third kappa shape index (κ3) is 1.88. The molecule has 0 saturated carbocycles. The van der Waals surface area contributed by atoms with Gasteiger partial charge < -0.3 is 5.32 Å². The Labute approximate surface area is 87.0 Å². The molecule has 0 atom stereocenters. The first-order chi connectivity index (χ1) is 7.31. The van der Waals surface area contributed by atoms with Crippen molar-refractivity contribution in [2.24, 2.45) is 0 Å². The van der Waals surface area contributed by atoms with Crippen molar-refractivity contribution in [1.82, 2.24) is 15.5 Å². The number of hydrogen-bond donors (Lipinski definition) is 2. The highest BCUT2D eigenvalue weighted by Crippen LogP contribution is 2.12. The Bertz CT molecular complexity index is 501. The fourth-order valence-corrected chi connectivity index (χ4v) is 1.35. The highest BCUT2D eigenvalue weighted by molar-refractivity contribution is 5.97. The highest BCUT2D eigenvalue weighted by atomic mass is 16.1. The second kappa shape index (κ2) is 3.96. The van der Waals surface area contributed by atoms with E-state index in [0.717, 1.165) is 10.9 Å². The van der Waals surface area contributed by atoms with E-state index in [-0.39, 0.29) is 5.91 Å². The van der Waals surface area contributed by atoms with Gasteiger partial charge in [-0.3, -0.25) is 9.89 Å². The van der Waals surface area contributed by atoms with Crippen LogP contribution in [0.15, 0.2) is 37.1 Å². The Balaban J connectivity index is 2.27. The fraction of sp³-hybridized carbons (Fsp3) is 0.0909. The quantitative estimate of drug-likeness (QED) is 0.739. The van der Waals surface area contributed by atoms with Crippen LogP contribution < -0.4 is 5.32 Å². The molecular formula is C11H11N3O. The molecule has 0 aliphatic carbocycles. The summed E-state index contributed by atoms with van der Waals surface area (Å²) < 4.78 is 0. The number of carbonyl (C=O) groups is 1. The van der Waals surface area contributed by atoms with Gasteiger partial charge in [0.1, 0.15) is 0 Å². The van der Waals surface area contributed by atoms with Crippen LogP contribution in [0.2, 0.25) is 0 Å². The molecule has 0 bridgehead atoms. The van der Waals surface area contributed by atoms with Crippen LogP contribution in [0.25, 0.3) is 10.9 Å². The van der Waals surface area contributed by atoms with Crippen molar-refractivity contribution in [3.63, 3.8) is 0 Å². The summed E-state index contributed by atoms with van der Waals surface area (Å²) in [5, 5.41) is 10.4. The lowest BCUT2D eigenvalue weighted by Gasteiger charge is -2.01. The number of fused-ring (bicyclic) bond motifs is 1. The predicted molar refractivity (Wildman–Crippen MR) is 58.6 cm³/mol. The minimum absolute atomic E-state index is 0.105. The largest absolute Gasteiger partial charge is 0.349 e. The minimum atomic E-state index is -0.105. The topological polar surface area (TPSA) is 57.8 Å². The summed E-state index contributed by atoms with van der Waals surface area (Å²) in [7, 11) is 0. The van der Waals surface area contributed by atoms with Gasteiger partial charge in [-0.05, 0) is 12.1 Å². The SMILES string of the molecule is C=CCNC(=O)c1ccc2cn[nH]c2c1. The fourth-order valence-electron chi connectivity index (χ4n) is 1.35. The smallest absolute Gasteiger partial charge is 0.251 e. The molecule has 2 aromatic rings. The molecule has 0 aliphatic rings. The molecule has 2 N–H and O–H groups in total. The van der Waals surface area contributed by atoms with Gasteiger partial charge in [0.25, 0.3) is 5.91 Å². The first kappa shape index (κ1) is 9.45. The van der Waals surface area contributed by atoms with Gasteiger partial charge in [-0.25, -0.2) is 0 Å². The third-order valence-corrected chi connectivity index (χ3v) is 2.11. The lowest BCUT2D eigenvalue weighted by atomic mass is 10.1. The van der Waals surface area contributed by atoms with Crippen molar-refractivity contribution in [2.75, 3.05) is 6.54 Å². The van der Waals surface area contributed by atoms with E-state index in [0.29, 0.717) is 12.1 Å². The molecule has 0 saturated heterocycles. The van der Waals surface area contributed by atoms with Crippen molar-refractivity contribution >= 4 is 16.8 Å². The summed E-state index contributed by atoms with van der Waals surface area (Å²) in [4.78, 5) is 11.6. The summed E-state index contributed by atoms with van der Waals surface area (Å²) in [6.45, 7) is 4.01. The number of benzene rings is 1. The molecule has 1 aromatic carbocycles. The summed E-state index contributed by atoms with van der Waals surface area (Å²) in [5.74, 6) is -0.105. The molecule has 4 heteroatoms. The van der Waals surface area contributed by atoms with Gasteiger partial charge in [0.15, 0.2) is 0 Å². The van der Waals surface area contributed by atoms with Crippen LogP contribution in [-0.2, 0) is 0 Å².